The fourth-order valence-electron chi connectivity index (χ4n) is 9.09. The maximum atomic E-state index is 15.4. The van der Waals surface area contributed by atoms with E-state index in [0.717, 1.165) is 16.1 Å². The van der Waals surface area contributed by atoms with Gasteiger partial charge in [0.05, 0.1) is 47.5 Å². The van der Waals surface area contributed by atoms with Crippen molar-refractivity contribution in [3.05, 3.63) is 135 Å². The number of likely N-dealkylation sites (tertiary alicyclic amines) is 1. The van der Waals surface area contributed by atoms with E-state index < -0.39 is 46.8 Å². The van der Waals surface area contributed by atoms with Gasteiger partial charge in [-0.25, -0.2) is 0 Å². The summed E-state index contributed by atoms with van der Waals surface area (Å²) in [6.45, 7) is 1.92. The number of carbonyl (C=O) groups is 4. The molecule has 2 aliphatic heterocycles. The van der Waals surface area contributed by atoms with Gasteiger partial charge < -0.3 is 9.84 Å². The van der Waals surface area contributed by atoms with Crippen molar-refractivity contribution in [2.75, 3.05) is 12.5 Å². The Kier molecular flexibility index (Phi) is 8.38. The van der Waals surface area contributed by atoms with Gasteiger partial charge in [0.1, 0.15) is 11.5 Å². The molecule has 52 heavy (non-hydrogen) atoms. The second kappa shape index (κ2) is 12.8. The van der Waals surface area contributed by atoms with Crippen molar-refractivity contribution in [2.45, 2.75) is 37.6 Å². The van der Waals surface area contributed by atoms with E-state index in [1.807, 2.05) is 42.5 Å². The van der Waals surface area contributed by atoms with Crippen molar-refractivity contribution in [1.82, 2.24) is 9.91 Å². The van der Waals surface area contributed by atoms with E-state index in [4.69, 9.17) is 27.9 Å². The third-order valence-corrected chi connectivity index (χ3v) is 12.0. The van der Waals surface area contributed by atoms with Gasteiger partial charge in [0.2, 0.25) is 11.8 Å². The lowest BCUT2D eigenvalue weighted by molar-refractivity contribution is -0.142. The zero-order valence-electron chi connectivity index (χ0n) is 28.4. The Labute approximate surface area is 310 Å². The van der Waals surface area contributed by atoms with E-state index in [1.54, 1.807) is 62.6 Å². The normalized spacial score (nSPS) is 26.5. The van der Waals surface area contributed by atoms with Crippen LogP contribution in [0.5, 0.6) is 11.5 Å². The first-order valence-electron chi connectivity index (χ1n) is 17.2. The molecule has 2 aliphatic carbocycles. The molecule has 1 saturated carbocycles. The highest BCUT2D eigenvalue weighted by molar-refractivity contribution is 6.36. The number of aryl methyl sites for hydroxylation is 1. The summed E-state index contributed by atoms with van der Waals surface area (Å²) < 4.78 is 5.46. The predicted octanol–water partition coefficient (Wildman–Crippen LogP) is 7.20. The standard InChI is InChI=1S/C41H35Cl2N3O6/c1-22-7-6-10-29(36(22)47)35-27-16-17-28-34(39(50)45(37(28)48)21-23-8-4-3-5-9-23)30(27)20-31-38(49)46(44-33-18-13-25(42)19-32(33)43)40(51)41(31,35)24-11-14-26(52-2)15-12-24/h3-16,18-19,28,30-31,34-35,44,47H,17,20-21H2,1-2H3/t28-,30+,31-,34-,35+,41+/m0/s1. The number of benzene rings is 4. The summed E-state index contributed by atoms with van der Waals surface area (Å²) in [6.07, 6.45) is 2.38. The van der Waals surface area contributed by atoms with Gasteiger partial charge in [-0.15, -0.1) is 0 Å². The fourth-order valence-corrected chi connectivity index (χ4v) is 9.54. The van der Waals surface area contributed by atoms with Crippen LogP contribution in [0.3, 0.4) is 0 Å². The van der Waals surface area contributed by atoms with E-state index >= 15 is 4.79 Å². The van der Waals surface area contributed by atoms with Crippen LogP contribution in [0, 0.1) is 30.6 Å². The molecule has 264 valence electrons. The Morgan fingerprint density at radius 3 is 2.35 bits per heavy atom. The number of para-hydroxylation sites is 1. The summed E-state index contributed by atoms with van der Waals surface area (Å²) in [5.74, 6) is -4.81. The molecule has 4 amide bonds. The number of amides is 4. The van der Waals surface area contributed by atoms with Gasteiger partial charge in [0.15, 0.2) is 0 Å². The quantitative estimate of drug-likeness (QED) is 0.152. The summed E-state index contributed by atoms with van der Waals surface area (Å²) in [6, 6.07) is 26.5. The molecule has 8 rings (SSSR count). The third kappa shape index (κ3) is 5.04. The number of allylic oxidation sites excluding steroid dienone is 2. The molecule has 2 N–H and O–H groups in total. The van der Waals surface area contributed by atoms with E-state index in [-0.39, 0.29) is 42.0 Å². The van der Waals surface area contributed by atoms with Crippen LogP contribution in [0.2, 0.25) is 10.0 Å². The molecule has 9 nitrogen and oxygen atoms in total. The van der Waals surface area contributed by atoms with Gasteiger partial charge in [-0.1, -0.05) is 95.5 Å². The number of halogens is 2. The number of imide groups is 2. The number of fused-ring (bicyclic) bond motifs is 4. The number of phenolic OH excluding ortho intramolecular Hbond substituents is 1. The summed E-state index contributed by atoms with van der Waals surface area (Å²) in [5.41, 5.74) is 4.92. The van der Waals surface area contributed by atoms with E-state index in [0.29, 0.717) is 33.1 Å². The number of aromatic hydroxyl groups is 1. The molecule has 6 atom stereocenters. The van der Waals surface area contributed by atoms with Crippen LogP contribution >= 0.6 is 23.2 Å². The molecule has 0 spiro atoms. The van der Waals surface area contributed by atoms with Gasteiger partial charge in [0, 0.05) is 16.5 Å². The molecular weight excluding hydrogens is 701 g/mol. The Balaban J connectivity index is 1.32. The fraction of sp³-hybridized carbons (Fsp3) is 0.268. The van der Waals surface area contributed by atoms with Crippen LogP contribution in [0.1, 0.15) is 41.0 Å². The van der Waals surface area contributed by atoms with Crippen molar-refractivity contribution in [3.63, 3.8) is 0 Å². The van der Waals surface area contributed by atoms with E-state index in [9.17, 15) is 19.5 Å². The lowest BCUT2D eigenvalue weighted by Gasteiger charge is -2.50. The zero-order chi connectivity index (χ0) is 36.5. The SMILES string of the molecule is COc1ccc([C@@]23C(=O)N(Nc4ccc(Cl)cc4Cl)C(=O)[C@@H]2C[C@@H]2C(=CC[C@@H]4C(=O)N(Cc5ccccc5)C(=O)[C@@H]42)[C@@H]3c2cccc(C)c2O)cc1. The lowest BCUT2D eigenvalue weighted by atomic mass is 9.49. The Morgan fingerprint density at radius 2 is 1.63 bits per heavy atom. The number of hydrogen-bond acceptors (Lipinski definition) is 7. The highest BCUT2D eigenvalue weighted by Crippen LogP contribution is 2.65. The van der Waals surface area contributed by atoms with Gasteiger partial charge in [-0.05, 0) is 72.7 Å². The minimum absolute atomic E-state index is 0.00487. The maximum absolute atomic E-state index is 15.4. The average Bonchev–Trinajstić information content (AvgIpc) is 3.51. The topological polar surface area (TPSA) is 116 Å². The Hall–Kier alpha value is -5.12. The van der Waals surface area contributed by atoms with Gasteiger partial charge in [0.25, 0.3) is 11.8 Å². The lowest BCUT2D eigenvalue weighted by Crippen LogP contribution is -2.53. The molecule has 2 saturated heterocycles. The van der Waals surface area contributed by atoms with Crippen LogP contribution in [-0.4, -0.2) is 45.8 Å². The molecule has 4 aliphatic rings. The molecule has 4 aromatic carbocycles. The highest BCUT2D eigenvalue weighted by atomic mass is 35.5. The number of ether oxygens (including phenoxy) is 1. The van der Waals surface area contributed by atoms with Crippen LogP contribution in [0.25, 0.3) is 0 Å². The summed E-state index contributed by atoms with van der Waals surface area (Å²) >= 11 is 12.7. The van der Waals surface area contributed by atoms with Crippen LogP contribution in [0.4, 0.5) is 5.69 Å². The smallest absolute Gasteiger partial charge is 0.260 e. The minimum Gasteiger partial charge on any atom is -0.507 e. The third-order valence-electron chi connectivity index (χ3n) is 11.4. The number of rotatable bonds is 7. The molecule has 0 bridgehead atoms. The predicted molar refractivity (Wildman–Crippen MR) is 195 cm³/mol. The van der Waals surface area contributed by atoms with Crippen molar-refractivity contribution in [2.24, 2.45) is 23.7 Å². The zero-order valence-corrected chi connectivity index (χ0v) is 29.9. The van der Waals surface area contributed by atoms with Crippen molar-refractivity contribution in [1.29, 1.82) is 0 Å². The number of carbonyl (C=O) groups excluding carboxylic acids is 4. The average molecular weight is 737 g/mol. The second-order valence-corrected chi connectivity index (χ2v) is 14.8. The Bertz CT molecular complexity index is 2170. The maximum Gasteiger partial charge on any atom is 0.260 e. The number of phenols is 1. The Morgan fingerprint density at radius 1 is 0.885 bits per heavy atom. The monoisotopic (exact) mass is 735 g/mol. The number of hydrogen-bond donors (Lipinski definition) is 2. The van der Waals surface area contributed by atoms with Crippen LogP contribution in [-0.2, 0) is 31.1 Å². The van der Waals surface area contributed by atoms with Crippen LogP contribution < -0.4 is 10.2 Å². The number of methoxy groups -OCH3 is 1. The molecule has 4 aromatic rings. The molecule has 2 heterocycles. The summed E-state index contributed by atoms with van der Waals surface area (Å²) in [7, 11) is 1.55. The first kappa shape index (κ1) is 34.0. The van der Waals surface area contributed by atoms with E-state index in [2.05, 4.69) is 5.43 Å². The number of nitrogens with one attached hydrogen (secondary N) is 1. The molecule has 3 fully saturated rings. The molecule has 0 radical (unpaired) electrons. The molecule has 0 unspecified atom stereocenters. The minimum atomic E-state index is -1.56. The molecule has 11 heteroatoms. The number of hydrazine groups is 1. The van der Waals surface area contributed by atoms with Gasteiger partial charge in [-0.3, -0.25) is 29.5 Å². The van der Waals surface area contributed by atoms with Crippen molar-refractivity contribution >= 4 is 52.5 Å². The van der Waals surface area contributed by atoms with Crippen LogP contribution in [0.15, 0.2) is 103 Å². The van der Waals surface area contributed by atoms with E-state index in [1.165, 1.54) is 11.0 Å². The number of nitrogens with zero attached hydrogens (tertiary/aromatic N) is 2. The van der Waals surface area contributed by atoms with Crippen molar-refractivity contribution in [3.8, 4) is 11.5 Å². The summed E-state index contributed by atoms with van der Waals surface area (Å²) in [4.78, 5) is 59.9. The first-order chi connectivity index (χ1) is 25.1. The summed E-state index contributed by atoms with van der Waals surface area (Å²) in [5, 5.41) is 13.4. The van der Waals surface area contributed by atoms with Gasteiger partial charge >= 0.3 is 0 Å². The first-order valence-corrected chi connectivity index (χ1v) is 17.9. The molecule has 0 aromatic heterocycles. The largest absolute Gasteiger partial charge is 0.507 e. The number of anilines is 1. The van der Waals surface area contributed by atoms with Gasteiger partial charge in [-0.2, -0.15) is 5.01 Å². The highest BCUT2D eigenvalue weighted by Gasteiger charge is 2.70. The molecular formula is C41H35Cl2N3O6. The van der Waals surface area contributed by atoms with Crippen molar-refractivity contribution < 1.29 is 29.0 Å². The second-order valence-electron chi connectivity index (χ2n) is 14.0.